The zero-order chi connectivity index (χ0) is 32.2. The Bertz CT molecular complexity index is 1980. The van der Waals surface area contributed by atoms with E-state index in [1.54, 1.807) is 6.07 Å². The first kappa shape index (κ1) is 29.8. The second-order valence-electron chi connectivity index (χ2n) is 11.8. The Kier molecular flexibility index (Phi) is 7.47. The number of fused-ring (bicyclic) bond motifs is 2. The fourth-order valence-corrected chi connectivity index (χ4v) is 6.31. The summed E-state index contributed by atoms with van der Waals surface area (Å²) in [6.07, 6.45) is -1.13. The summed E-state index contributed by atoms with van der Waals surface area (Å²) in [4.78, 5) is 20.6. The van der Waals surface area contributed by atoms with Gasteiger partial charge in [0.25, 0.3) is 6.43 Å². The molecule has 5 aromatic rings. The second kappa shape index (κ2) is 11.5. The number of carbonyl (C=O) groups is 1. The van der Waals surface area contributed by atoms with Crippen molar-refractivity contribution in [3.63, 3.8) is 0 Å². The lowest BCUT2D eigenvalue weighted by Gasteiger charge is -2.36. The van der Waals surface area contributed by atoms with E-state index in [9.17, 15) is 23.1 Å². The summed E-state index contributed by atoms with van der Waals surface area (Å²) in [6.45, 7) is 0.760. The number of alkyl halides is 2. The topological polar surface area (TPSA) is 86.5 Å². The average Bonchev–Trinajstić information content (AvgIpc) is 3.71. The normalized spacial score (nSPS) is 18.7. The Morgan fingerprint density at radius 2 is 1.78 bits per heavy atom. The molecular formula is C34H26F5N3O4. The fourth-order valence-electron chi connectivity index (χ4n) is 6.31. The predicted octanol–water partition coefficient (Wildman–Crippen LogP) is 7.50. The van der Waals surface area contributed by atoms with Gasteiger partial charge in [-0.25, -0.2) is 36.7 Å². The van der Waals surface area contributed by atoms with Crippen LogP contribution in [-0.2, 0) is 24.3 Å². The van der Waals surface area contributed by atoms with Crippen molar-refractivity contribution in [2.75, 3.05) is 6.61 Å². The number of aromatic nitrogens is 3. The molecule has 1 saturated carbocycles. The summed E-state index contributed by atoms with van der Waals surface area (Å²) in [5.74, 6) is -2.46. The highest BCUT2D eigenvalue weighted by Gasteiger charge is 2.52. The first-order valence-electron chi connectivity index (χ1n) is 14.6. The maximum atomic E-state index is 15.6. The van der Waals surface area contributed by atoms with E-state index in [0.717, 1.165) is 37.1 Å². The van der Waals surface area contributed by atoms with Crippen LogP contribution in [0.1, 0.15) is 52.1 Å². The number of aromatic carboxylic acids is 1. The molecule has 0 radical (unpaired) electrons. The molecular weight excluding hydrogens is 609 g/mol. The van der Waals surface area contributed by atoms with Crippen molar-refractivity contribution >= 4 is 17.0 Å². The Hall–Kier alpha value is -4.84. The van der Waals surface area contributed by atoms with E-state index in [4.69, 9.17) is 9.47 Å². The van der Waals surface area contributed by atoms with Crippen molar-refractivity contribution in [1.29, 1.82) is 0 Å². The summed E-state index contributed by atoms with van der Waals surface area (Å²) in [7, 11) is 0. The van der Waals surface area contributed by atoms with Gasteiger partial charge in [-0.1, -0.05) is 18.2 Å². The number of ether oxygens (including phenoxy) is 2. The smallest absolute Gasteiger partial charge is 0.335 e. The first-order chi connectivity index (χ1) is 22.1. The molecule has 0 spiro atoms. The largest absolute Gasteiger partial charge is 0.478 e. The molecule has 8 rings (SSSR count). The zero-order valence-corrected chi connectivity index (χ0v) is 24.2. The van der Waals surface area contributed by atoms with Crippen LogP contribution in [0, 0.1) is 23.4 Å². The molecule has 0 amide bonds. The summed E-state index contributed by atoms with van der Waals surface area (Å²) in [6, 6.07) is 14.2. The van der Waals surface area contributed by atoms with Gasteiger partial charge in [0.15, 0.2) is 0 Å². The Labute approximate surface area is 259 Å². The van der Waals surface area contributed by atoms with Gasteiger partial charge in [0.1, 0.15) is 29.9 Å². The number of nitrogens with zero attached hydrogens (tertiary/aromatic N) is 3. The summed E-state index contributed by atoms with van der Waals surface area (Å²) >= 11 is 0. The van der Waals surface area contributed by atoms with Gasteiger partial charge in [0.2, 0.25) is 5.88 Å². The summed E-state index contributed by atoms with van der Waals surface area (Å²) in [5.41, 5.74) is 0.372. The molecule has 12 heteroatoms. The quantitative estimate of drug-likeness (QED) is 0.160. The molecule has 1 aliphatic carbocycles. The minimum absolute atomic E-state index is 0.0000847. The highest BCUT2D eigenvalue weighted by Crippen LogP contribution is 2.49. The first-order valence-corrected chi connectivity index (χ1v) is 14.6. The predicted molar refractivity (Wildman–Crippen MR) is 156 cm³/mol. The lowest BCUT2D eigenvalue weighted by Crippen LogP contribution is -2.41. The van der Waals surface area contributed by atoms with Crippen molar-refractivity contribution in [3.05, 3.63) is 112 Å². The van der Waals surface area contributed by atoms with Crippen LogP contribution in [0.3, 0.4) is 0 Å². The molecule has 7 nitrogen and oxygen atoms in total. The molecule has 0 unspecified atom stereocenters. The molecule has 46 heavy (non-hydrogen) atoms. The SMILES string of the molecule is O=C(O)c1ccc2nc(Cc3cc(F)c(-c4cccc(OCc5ccc(C(F)F)cc5F)n4)cc3F)n(CC34CC(CO3)C4)c2c1. The highest BCUT2D eigenvalue weighted by atomic mass is 19.3. The number of benzene rings is 3. The summed E-state index contributed by atoms with van der Waals surface area (Å²) in [5, 5.41) is 9.55. The van der Waals surface area contributed by atoms with Crippen LogP contribution in [0.15, 0.2) is 66.7 Å². The number of imidazole rings is 1. The third-order valence-electron chi connectivity index (χ3n) is 8.66. The van der Waals surface area contributed by atoms with Crippen LogP contribution >= 0.6 is 0 Å². The monoisotopic (exact) mass is 635 g/mol. The minimum Gasteiger partial charge on any atom is -0.478 e. The van der Waals surface area contributed by atoms with Crippen LogP contribution in [0.5, 0.6) is 5.88 Å². The number of carboxylic acid groups (broad SMARTS) is 1. The average molecular weight is 636 g/mol. The third kappa shape index (κ3) is 5.57. The van der Waals surface area contributed by atoms with Gasteiger partial charge < -0.3 is 19.1 Å². The Morgan fingerprint density at radius 1 is 0.978 bits per heavy atom. The lowest BCUT2D eigenvalue weighted by molar-refractivity contribution is -0.0132. The number of hydrogen-bond donors (Lipinski definition) is 1. The van der Waals surface area contributed by atoms with E-state index in [1.165, 1.54) is 36.4 Å². The van der Waals surface area contributed by atoms with Crippen molar-refractivity contribution in [1.82, 2.24) is 14.5 Å². The second-order valence-corrected chi connectivity index (χ2v) is 11.8. The molecule has 2 aliphatic heterocycles. The van der Waals surface area contributed by atoms with Crippen molar-refractivity contribution in [3.8, 4) is 17.1 Å². The van der Waals surface area contributed by atoms with E-state index >= 15 is 8.78 Å². The number of carboxylic acids is 1. The molecule has 2 bridgehead atoms. The molecule has 3 aromatic carbocycles. The molecule has 2 saturated heterocycles. The van der Waals surface area contributed by atoms with E-state index in [-0.39, 0.29) is 52.5 Å². The highest BCUT2D eigenvalue weighted by molar-refractivity contribution is 5.92. The third-order valence-corrected chi connectivity index (χ3v) is 8.66. The molecule has 3 fully saturated rings. The molecule has 4 heterocycles. The van der Waals surface area contributed by atoms with Crippen molar-refractivity contribution in [2.24, 2.45) is 5.92 Å². The molecule has 236 valence electrons. The maximum Gasteiger partial charge on any atom is 0.335 e. The van der Waals surface area contributed by atoms with Crippen LogP contribution in [0.4, 0.5) is 22.0 Å². The number of hydrogen-bond acceptors (Lipinski definition) is 5. The van der Waals surface area contributed by atoms with Crippen molar-refractivity contribution in [2.45, 2.75) is 44.4 Å². The van der Waals surface area contributed by atoms with Crippen LogP contribution in [0.2, 0.25) is 0 Å². The minimum atomic E-state index is -2.81. The Balaban J connectivity index is 1.15. The maximum absolute atomic E-state index is 15.6. The number of halogens is 5. The van der Waals surface area contributed by atoms with E-state index in [0.29, 0.717) is 35.9 Å². The van der Waals surface area contributed by atoms with E-state index in [2.05, 4.69) is 9.97 Å². The van der Waals surface area contributed by atoms with Gasteiger partial charge in [0, 0.05) is 29.2 Å². The molecule has 0 atom stereocenters. The standard InChI is InChI=1S/C34H26F5N3O4/c35-24-8-19(32(38)39)4-5-21(24)16-45-31-3-1-2-27(41-31)23-12-25(36)22(9-26(23)37)11-30-40-28-7-6-20(33(43)44)10-29(28)42(30)17-34-13-18(14-34)15-46-34/h1-10,12,18,32H,11,13-17H2,(H,43,44). The zero-order valence-electron chi connectivity index (χ0n) is 24.2. The fraction of sp³-hybridized carbons (Fsp3) is 0.265. The van der Waals surface area contributed by atoms with E-state index < -0.39 is 35.4 Å². The van der Waals surface area contributed by atoms with Crippen LogP contribution < -0.4 is 4.74 Å². The van der Waals surface area contributed by atoms with Gasteiger partial charge in [-0.05, 0) is 66.8 Å². The molecule has 1 N–H and O–H groups in total. The van der Waals surface area contributed by atoms with Gasteiger partial charge in [-0.2, -0.15) is 0 Å². The molecule has 2 aromatic heterocycles. The number of pyridine rings is 1. The summed E-state index contributed by atoms with van der Waals surface area (Å²) < 4.78 is 84.4. The van der Waals surface area contributed by atoms with Gasteiger partial charge in [0.05, 0.1) is 41.0 Å². The van der Waals surface area contributed by atoms with E-state index in [1.807, 2.05) is 4.57 Å². The van der Waals surface area contributed by atoms with Crippen molar-refractivity contribution < 1.29 is 41.3 Å². The Morgan fingerprint density at radius 3 is 2.50 bits per heavy atom. The van der Waals surface area contributed by atoms with Gasteiger partial charge in [-0.3, -0.25) is 0 Å². The van der Waals surface area contributed by atoms with Crippen LogP contribution in [-0.4, -0.2) is 37.8 Å². The lowest BCUT2D eigenvalue weighted by atomic mass is 9.74. The van der Waals surface area contributed by atoms with Gasteiger partial charge in [-0.15, -0.1) is 0 Å². The number of rotatable bonds is 10. The molecule has 3 aliphatic rings. The van der Waals surface area contributed by atoms with Crippen LogP contribution in [0.25, 0.3) is 22.3 Å². The van der Waals surface area contributed by atoms with Gasteiger partial charge >= 0.3 is 5.97 Å².